The van der Waals surface area contributed by atoms with Crippen molar-refractivity contribution in [3.8, 4) is 17.1 Å². The van der Waals surface area contributed by atoms with Crippen molar-refractivity contribution in [3.63, 3.8) is 0 Å². The third-order valence-electron chi connectivity index (χ3n) is 2.84. The summed E-state index contributed by atoms with van der Waals surface area (Å²) in [5, 5.41) is 11.5. The second kappa shape index (κ2) is 5.53. The normalized spacial score (nSPS) is 10.8. The molecule has 5 nitrogen and oxygen atoms in total. The molecule has 8 heteroatoms. The summed E-state index contributed by atoms with van der Waals surface area (Å²) in [6.45, 7) is 0. The molecule has 2 N–H and O–H groups in total. The number of nitrogen functional groups attached to an aromatic ring is 1. The van der Waals surface area contributed by atoms with Crippen LogP contribution in [-0.4, -0.2) is 20.2 Å². The lowest BCUT2D eigenvalue weighted by Crippen LogP contribution is -2.02. The predicted molar refractivity (Wildman–Crippen MR) is 84.4 cm³/mol. The molecule has 1 aromatic heterocycles. The molecule has 0 aliphatic carbocycles. The van der Waals surface area contributed by atoms with Crippen molar-refractivity contribution in [3.05, 3.63) is 51.2 Å². The van der Waals surface area contributed by atoms with Gasteiger partial charge in [0.1, 0.15) is 5.82 Å². The Morgan fingerprint density at radius 1 is 1.10 bits per heavy atom. The lowest BCUT2D eigenvalue weighted by atomic mass is 10.2. The van der Waals surface area contributed by atoms with Crippen molar-refractivity contribution < 1.29 is 4.39 Å². The zero-order valence-electron chi connectivity index (χ0n) is 10.5. The molecule has 1 heterocycles. The van der Waals surface area contributed by atoms with Crippen molar-refractivity contribution in [1.82, 2.24) is 20.2 Å². The number of nitrogens with two attached hydrogens (primary N) is 1. The lowest BCUT2D eigenvalue weighted by Gasteiger charge is -2.08. The van der Waals surface area contributed by atoms with Gasteiger partial charge in [-0.3, -0.25) is 0 Å². The molecule has 21 heavy (non-hydrogen) atoms. The molecule has 0 bridgehead atoms. The standard InChI is InChI=1S/C13H8Br2FN5/c14-7-1-4-12(10(15)5-7)21-13(18-19-20-21)9-3-2-8(17)6-11(9)16/h1-6H,17H2. The van der Waals surface area contributed by atoms with E-state index in [-0.39, 0.29) is 5.56 Å². The van der Waals surface area contributed by atoms with Crippen molar-refractivity contribution >= 4 is 37.5 Å². The molecule has 0 fully saturated rings. The van der Waals surface area contributed by atoms with Gasteiger partial charge in [0.25, 0.3) is 0 Å². The van der Waals surface area contributed by atoms with E-state index in [0.717, 1.165) is 8.95 Å². The zero-order chi connectivity index (χ0) is 15.0. The van der Waals surface area contributed by atoms with E-state index < -0.39 is 5.82 Å². The summed E-state index contributed by atoms with van der Waals surface area (Å²) >= 11 is 6.82. The molecular formula is C13H8Br2FN5. The quantitative estimate of drug-likeness (QED) is 0.653. The summed E-state index contributed by atoms with van der Waals surface area (Å²) in [7, 11) is 0. The third-order valence-corrected chi connectivity index (χ3v) is 3.97. The van der Waals surface area contributed by atoms with E-state index in [1.165, 1.54) is 10.7 Å². The van der Waals surface area contributed by atoms with Gasteiger partial charge in [0.05, 0.1) is 11.3 Å². The Kier molecular flexibility index (Phi) is 3.73. The first kappa shape index (κ1) is 14.2. The minimum absolute atomic E-state index is 0.281. The number of halogens is 3. The molecule has 0 aliphatic heterocycles. The summed E-state index contributed by atoms with van der Waals surface area (Å²) in [6.07, 6.45) is 0. The number of hydrogen-bond donors (Lipinski definition) is 1. The Bertz CT molecular complexity index is 752. The monoisotopic (exact) mass is 411 g/mol. The van der Waals surface area contributed by atoms with Crippen LogP contribution in [0.1, 0.15) is 0 Å². The molecular weight excluding hydrogens is 405 g/mol. The van der Waals surface area contributed by atoms with Crippen LogP contribution in [0.3, 0.4) is 0 Å². The number of benzene rings is 2. The minimum atomic E-state index is -0.473. The molecule has 0 radical (unpaired) electrons. The summed E-state index contributed by atoms with van der Waals surface area (Å²) < 4.78 is 17.2. The Hall–Kier alpha value is -1.80. The highest BCUT2D eigenvalue weighted by Crippen LogP contribution is 2.29. The maximum Gasteiger partial charge on any atom is 0.190 e. The molecule has 2 aromatic carbocycles. The van der Waals surface area contributed by atoms with Gasteiger partial charge in [0, 0.05) is 14.6 Å². The van der Waals surface area contributed by atoms with Gasteiger partial charge in [-0.2, -0.15) is 4.68 Å². The maximum atomic E-state index is 14.1. The van der Waals surface area contributed by atoms with Crippen molar-refractivity contribution in [1.29, 1.82) is 0 Å². The Morgan fingerprint density at radius 3 is 2.62 bits per heavy atom. The molecule has 0 atom stereocenters. The lowest BCUT2D eigenvalue weighted by molar-refractivity contribution is 0.629. The highest BCUT2D eigenvalue weighted by Gasteiger charge is 2.16. The molecule has 0 saturated carbocycles. The highest BCUT2D eigenvalue weighted by molar-refractivity contribution is 9.11. The molecule has 0 aliphatic rings. The van der Waals surface area contributed by atoms with E-state index in [1.807, 2.05) is 18.2 Å². The predicted octanol–water partition coefficient (Wildman–Crippen LogP) is 3.58. The maximum absolute atomic E-state index is 14.1. The van der Waals surface area contributed by atoms with Gasteiger partial charge >= 0.3 is 0 Å². The minimum Gasteiger partial charge on any atom is -0.399 e. The fourth-order valence-corrected chi connectivity index (χ4v) is 3.10. The molecule has 3 aromatic rings. The fourth-order valence-electron chi connectivity index (χ4n) is 1.88. The first-order valence-electron chi connectivity index (χ1n) is 5.85. The third kappa shape index (κ3) is 2.68. The van der Waals surface area contributed by atoms with Crippen molar-refractivity contribution in [2.24, 2.45) is 0 Å². The summed E-state index contributed by atoms with van der Waals surface area (Å²) in [5.41, 5.74) is 6.89. The van der Waals surface area contributed by atoms with Crippen LogP contribution in [0.5, 0.6) is 0 Å². The van der Waals surface area contributed by atoms with E-state index >= 15 is 0 Å². The molecule has 106 valence electrons. The van der Waals surface area contributed by atoms with Gasteiger partial charge in [-0.05, 0) is 62.8 Å². The first-order valence-corrected chi connectivity index (χ1v) is 7.44. The zero-order valence-corrected chi connectivity index (χ0v) is 13.6. The van der Waals surface area contributed by atoms with E-state index in [4.69, 9.17) is 5.73 Å². The van der Waals surface area contributed by atoms with Crippen LogP contribution in [0.4, 0.5) is 10.1 Å². The second-order valence-electron chi connectivity index (χ2n) is 4.25. The number of nitrogens with zero attached hydrogens (tertiary/aromatic N) is 4. The van der Waals surface area contributed by atoms with E-state index in [1.54, 1.807) is 12.1 Å². The first-order chi connectivity index (χ1) is 10.1. The average Bonchev–Trinajstić information content (AvgIpc) is 2.87. The SMILES string of the molecule is Nc1ccc(-c2nnnn2-c2ccc(Br)cc2Br)c(F)c1. The van der Waals surface area contributed by atoms with Crippen LogP contribution in [0.15, 0.2) is 45.3 Å². The fraction of sp³-hybridized carbons (Fsp3) is 0. The van der Waals surface area contributed by atoms with Crippen LogP contribution in [0, 0.1) is 5.82 Å². The van der Waals surface area contributed by atoms with Crippen LogP contribution in [-0.2, 0) is 0 Å². The van der Waals surface area contributed by atoms with Crippen LogP contribution in [0.25, 0.3) is 17.1 Å². The van der Waals surface area contributed by atoms with E-state index in [9.17, 15) is 4.39 Å². The number of aromatic nitrogens is 4. The molecule has 3 rings (SSSR count). The van der Waals surface area contributed by atoms with E-state index in [2.05, 4.69) is 47.4 Å². The summed E-state index contributed by atoms with van der Waals surface area (Å²) in [6, 6.07) is 9.94. The average molecular weight is 413 g/mol. The number of anilines is 1. The van der Waals surface area contributed by atoms with Crippen LogP contribution < -0.4 is 5.73 Å². The summed E-state index contributed by atoms with van der Waals surface area (Å²) in [4.78, 5) is 0. The van der Waals surface area contributed by atoms with Gasteiger partial charge in [0.2, 0.25) is 0 Å². The Morgan fingerprint density at radius 2 is 1.90 bits per heavy atom. The highest BCUT2D eigenvalue weighted by atomic mass is 79.9. The topological polar surface area (TPSA) is 69.6 Å². The van der Waals surface area contributed by atoms with Crippen molar-refractivity contribution in [2.75, 3.05) is 5.73 Å². The van der Waals surface area contributed by atoms with Crippen molar-refractivity contribution in [2.45, 2.75) is 0 Å². The van der Waals surface area contributed by atoms with Gasteiger partial charge in [0.15, 0.2) is 5.82 Å². The summed E-state index contributed by atoms with van der Waals surface area (Å²) in [5.74, 6) is -0.171. The number of hydrogen-bond acceptors (Lipinski definition) is 4. The van der Waals surface area contributed by atoms with Gasteiger partial charge < -0.3 is 5.73 Å². The number of rotatable bonds is 2. The molecule has 0 unspecified atom stereocenters. The van der Waals surface area contributed by atoms with Gasteiger partial charge in [-0.15, -0.1) is 5.10 Å². The Balaban J connectivity index is 2.17. The van der Waals surface area contributed by atoms with Crippen LogP contribution >= 0.6 is 31.9 Å². The molecule has 0 spiro atoms. The smallest absolute Gasteiger partial charge is 0.190 e. The van der Waals surface area contributed by atoms with Gasteiger partial charge in [-0.1, -0.05) is 15.9 Å². The Labute approximate surface area is 136 Å². The molecule has 0 amide bonds. The second-order valence-corrected chi connectivity index (χ2v) is 6.02. The van der Waals surface area contributed by atoms with E-state index in [0.29, 0.717) is 17.2 Å². The largest absolute Gasteiger partial charge is 0.399 e. The molecule has 0 saturated heterocycles. The van der Waals surface area contributed by atoms with Gasteiger partial charge in [-0.25, -0.2) is 4.39 Å². The van der Waals surface area contributed by atoms with Crippen LogP contribution in [0.2, 0.25) is 0 Å². The number of tetrazole rings is 1.